The number of halogens is 1. The van der Waals surface area contributed by atoms with Gasteiger partial charge in [-0.25, -0.2) is 0 Å². The Morgan fingerprint density at radius 1 is 1.17 bits per heavy atom. The van der Waals surface area contributed by atoms with Crippen molar-refractivity contribution in [3.05, 3.63) is 34.9 Å². The van der Waals surface area contributed by atoms with E-state index in [1.165, 1.54) is 6.54 Å². The number of hydrogen-bond acceptors (Lipinski definition) is 3. The van der Waals surface area contributed by atoms with E-state index in [-0.39, 0.29) is 5.91 Å². The summed E-state index contributed by atoms with van der Waals surface area (Å²) in [7, 11) is 2.20. The van der Waals surface area contributed by atoms with Crippen LogP contribution >= 0.6 is 11.6 Å². The Bertz CT molecular complexity index is 571. The third-order valence-corrected chi connectivity index (χ3v) is 5.80. The van der Waals surface area contributed by atoms with Gasteiger partial charge >= 0.3 is 0 Å². The van der Waals surface area contributed by atoms with Crippen LogP contribution in [-0.4, -0.2) is 73.0 Å². The average molecular weight is 350 g/mol. The lowest BCUT2D eigenvalue weighted by molar-refractivity contribution is 0.0556. The molecule has 0 aliphatic carbocycles. The zero-order chi connectivity index (χ0) is 17.1. The van der Waals surface area contributed by atoms with Crippen molar-refractivity contribution >= 4 is 17.5 Å². The normalized spacial score (nSPS) is 24.3. The molecule has 1 amide bonds. The Morgan fingerprint density at radius 3 is 2.54 bits per heavy atom. The topological polar surface area (TPSA) is 26.8 Å². The average Bonchev–Trinajstić information content (AvgIpc) is 2.58. The number of carbonyl (C=O) groups is 1. The molecule has 2 aliphatic heterocycles. The molecule has 2 saturated heterocycles. The quantitative estimate of drug-likeness (QED) is 0.839. The first-order valence-electron chi connectivity index (χ1n) is 9.01. The number of carbonyl (C=O) groups excluding carboxylic acids is 1. The van der Waals surface area contributed by atoms with Crippen molar-refractivity contribution in [3.63, 3.8) is 0 Å². The van der Waals surface area contributed by atoms with E-state index < -0.39 is 0 Å². The zero-order valence-electron chi connectivity index (χ0n) is 14.7. The first kappa shape index (κ1) is 17.7. The summed E-state index contributed by atoms with van der Waals surface area (Å²) in [6.07, 6.45) is 2.19. The van der Waals surface area contributed by atoms with Crippen molar-refractivity contribution in [2.24, 2.45) is 5.92 Å². The van der Waals surface area contributed by atoms with Crippen LogP contribution in [0.2, 0.25) is 5.02 Å². The highest BCUT2D eigenvalue weighted by Crippen LogP contribution is 2.24. The van der Waals surface area contributed by atoms with Gasteiger partial charge in [0, 0.05) is 45.3 Å². The van der Waals surface area contributed by atoms with Gasteiger partial charge in [-0.2, -0.15) is 0 Å². The molecule has 0 spiro atoms. The predicted octanol–water partition coefficient (Wildman–Crippen LogP) is 2.83. The van der Waals surface area contributed by atoms with Crippen LogP contribution in [-0.2, 0) is 0 Å². The molecule has 1 atom stereocenters. The molecule has 5 heteroatoms. The molecule has 0 unspecified atom stereocenters. The summed E-state index contributed by atoms with van der Waals surface area (Å²) >= 11 is 6.17. The van der Waals surface area contributed by atoms with Gasteiger partial charge in [0.25, 0.3) is 5.91 Å². The molecular weight excluding hydrogens is 322 g/mol. The maximum atomic E-state index is 12.6. The zero-order valence-corrected chi connectivity index (χ0v) is 15.5. The molecule has 0 bridgehead atoms. The van der Waals surface area contributed by atoms with Gasteiger partial charge in [-0.05, 0) is 44.9 Å². The molecule has 0 N–H and O–H groups in total. The highest BCUT2D eigenvalue weighted by molar-refractivity contribution is 6.33. The molecule has 0 radical (unpaired) electrons. The van der Waals surface area contributed by atoms with Gasteiger partial charge in [-0.3, -0.25) is 9.69 Å². The molecule has 1 aromatic carbocycles. The Kier molecular flexibility index (Phi) is 5.80. The molecule has 4 nitrogen and oxygen atoms in total. The molecule has 132 valence electrons. The van der Waals surface area contributed by atoms with Crippen LogP contribution < -0.4 is 0 Å². The van der Waals surface area contributed by atoms with E-state index >= 15 is 0 Å². The number of rotatable bonds is 3. The van der Waals surface area contributed by atoms with E-state index in [4.69, 9.17) is 11.6 Å². The van der Waals surface area contributed by atoms with Crippen molar-refractivity contribution in [2.45, 2.75) is 25.8 Å². The van der Waals surface area contributed by atoms with Crippen molar-refractivity contribution < 1.29 is 4.79 Å². The number of amides is 1. The highest BCUT2D eigenvalue weighted by Gasteiger charge is 2.28. The van der Waals surface area contributed by atoms with Gasteiger partial charge in [0.15, 0.2) is 0 Å². The largest absolute Gasteiger partial charge is 0.339 e. The highest BCUT2D eigenvalue weighted by atomic mass is 35.5. The van der Waals surface area contributed by atoms with E-state index in [1.807, 2.05) is 23.1 Å². The molecule has 2 heterocycles. The fourth-order valence-corrected chi connectivity index (χ4v) is 4.12. The fraction of sp³-hybridized carbons (Fsp3) is 0.632. The van der Waals surface area contributed by atoms with Crippen molar-refractivity contribution in [3.8, 4) is 0 Å². The summed E-state index contributed by atoms with van der Waals surface area (Å²) in [5.74, 6) is 0.776. The maximum Gasteiger partial charge on any atom is 0.255 e. The van der Waals surface area contributed by atoms with Crippen LogP contribution in [0.5, 0.6) is 0 Å². The number of likely N-dealkylation sites (tertiary alicyclic amines) is 1. The van der Waals surface area contributed by atoms with Gasteiger partial charge in [-0.1, -0.05) is 23.7 Å². The minimum Gasteiger partial charge on any atom is -0.339 e. The monoisotopic (exact) mass is 349 g/mol. The van der Waals surface area contributed by atoms with Crippen LogP contribution in [0.4, 0.5) is 0 Å². The SMILES string of the molecule is C[C@@H]1CN(C)CCN1CC1CCN(C(=O)c2ccccc2Cl)CC1. The van der Waals surface area contributed by atoms with E-state index in [2.05, 4.69) is 23.8 Å². The standard InChI is InChI=1S/C19H28ClN3O/c1-15-13-21(2)11-12-23(15)14-16-7-9-22(10-8-16)19(24)17-5-3-4-6-18(17)20/h3-6,15-16H,7-14H2,1-2H3/t15-/m1/s1. The smallest absolute Gasteiger partial charge is 0.255 e. The molecular formula is C19H28ClN3O. The second-order valence-corrected chi connectivity index (χ2v) is 7.73. The number of likely N-dealkylation sites (N-methyl/N-ethyl adjacent to an activating group) is 1. The van der Waals surface area contributed by atoms with Gasteiger partial charge in [0.2, 0.25) is 0 Å². The fourth-order valence-electron chi connectivity index (χ4n) is 3.90. The second-order valence-electron chi connectivity index (χ2n) is 7.32. The van der Waals surface area contributed by atoms with Gasteiger partial charge in [-0.15, -0.1) is 0 Å². The first-order chi connectivity index (χ1) is 11.5. The number of nitrogens with zero attached hydrogens (tertiary/aromatic N) is 3. The summed E-state index contributed by atoms with van der Waals surface area (Å²) < 4.78 is 0. The third kappa shape index (κ3) is 4.11. The summed E-state index contributed by atoms with van der Waals surface area (Å²) in [6, 6.07) is 7.98. The van der Waals surface area contributed by atoms with Crippen LogP contribution in [0.3, 0.4) is 0 Å². The van der Waals surface area contributed by atoms with Crippen LogP contribution in [0, 0.1) is 5.92 Å². The molecule has 0 aromatic heterocycles. The second kappa shape index (κ2) is 7.85. The van der Waals surface area contributed by atoms with E-state index in [1.54, 1.807) is 6.07 Å². The molecule has 2 aliphatic rings. The van der Waals surface area contributed by atoms with Crippen molar-refractivity contribution in [2.75, 3.05) is 46.3 Å². The number of hydrogen-bond donors (Lipinski definition) is 0. The van der Waals surface area contributed by atoms with Gasteiger partial charge < -0.3 is 9.80 Å². The van der Waals surface area contributed by atoms with E-state index in [0.717, 1.165) is 45.6 Å². The predicted molar refractivity (Wildman–Crippen MR) is 98.6 cm³/mol. The molecule has 24 heavy (non-hydrogen) atoms. The summed E-state index contributed by atoms with van der Waals surface area (Å²) in [5.41, 5.74) is 0.630. The van der Waals surface area contributed by atoms with Gasteiger partial charge in [0.1, 0.15) is 0 Å². The molecule has 0 saturated carbocycles. The van der Waals surface area contributed by atoms with Crippen molar-refractivity contribution in [1.82, 2.24) is 14.7 Å². The van der Waals surface area contributed by atoms with Crippen LogP contribution in [0.1, 0.15) is 30.1 Å². The minimum absolute atomic E-state index is 0.0759. The molecule has 1 aromatic rings. The number of piperidine rings is 1. The lowest BCUT2D eigenvalue weighted by Crippen LogP contribution is -2.52. The Balaban J connectivity index is 1.51. The summed E-state index contributed by atoms with van der Waals surface area (Å²) in [5, 5.41) is 0.552. The van der Waals surface area contributed by atoms with Crippen molar-refractivity contribution in [1.29, 1.82) is 0 Å². The Hall–Kier alpha value is -1.10. The van der Waals surface area contributed by atoms with Crippen LogP contribution in [0.15, 0.2) is 24.3 Å². The van der Waals surface area contributed by atoms with E-state index in [9.17, 15) is 4.79 Å². The van der Waals surface area contributed by atoms with Gasteiger partial charge in [0.05, 0.1) is 10.6 Å². The Labute approximate surface area is 150 Å². The maximum absolute atomic E-state index is 12.6. The van der Waals surface area contributed by atoms with Crippen LogP contribution in [0.25, 0.3) is 0 Å². The molecule has 3 rings (SSSR count). The minimum atomic E-state index is 0.0759. The Morgan fingerprint density at radius 2 is 1.88 bits per heavy atom. The number of benzene rings is 1. The number of piperazine rings is 1. The first-order valence-corrected chi connectivity index (χ1v) is 9.39. The van der Waals surface area contributed by atoms with E-state index in [0.29, 0.717) is 22.5 Å². The third-order valence-electron chi connectivity index (χ3n) is 5.47. The lowest BCUT2D eigenvalue weighted by atomic mass is 9.94. The lowest BCUT2D eigenvalue weighted by Gasteiger charge is -2.41. The summed E-state index contributed by atoms with van der Waals surface area (Å²) in [6.45, 7) is 8.66. The summed E-state index contributed by atoms with van der Waals surface area (Å²) in [4.78, 5) is 19.6. The molecule has 2 fully saturated rings.